The molecule has 156 valence electrons. The Morgan fingerprint density at radius 2 is 2.17 bits per heavy atom. The summed E-state index contributed by atoms with van der Waals surface area (Å²) in [5.74, 6) is 0.904. The molecule has 8 heteroatoms. The minimum Gasteiger partial charge on any atom is -0.493 e. The first-order valence-corrected chi connectivity index (χ1v) is 10.8. The number of hydrogen-bond acceptors (Lipinski definition) is 5. The van der Waals surface area contributed by atoms with Gasteiger partial charge in [0.1, 0.15) is 5.75 Å². The Kier molecular flexibility index (Phi) is 6.13. The van der Waals surface area contributed by atoms with Gasteiger partial charge in [-0.25, -0.2) is 4.98 Å². The summed E-state index contributed by atoms with van der Waals surface area (Å²) in [5, 5.41) is 7.72. The molecule has 0 aliphatic heterocycles. The highest BCUT2D eigenvalue weighted by Crippen LogP contribution is 2.30. The number of hydrogen-bond donors (Lipinski definition) is 2. The Morgan fingerprint density at radius 1 is 1.30 bits per heavy atom. The zero-order chi connectivity index (χ0) is 20.9. The standard InChI is InChI=1S/C22H24N4O3S/c1-26-9-8-17(12-26)21(28)23-11-20(27)25-22-24-19(14-30-22)16-6-3-7-18(10-16)29-13-15-4-2-5-15/h3,6-10,12,14-15H,2,4-5,11,13H2,1H3,(H,23,28)(H,24,25,27). The van der Waals surface area contributed by atoms with Gasteiger partial charge in [0, 0.05) is 30.4 Å². The summed E-state index contributed by atoms with van der Waals surface area (Å²) in [4.78, 5) is 28.7. The summed E-state index contributed by atoms with van der Waals surface area (Å²) < 4.78 is 7.68. The first-order chi connectivity index (χ1) is 14.6. The van der Waals surface area contributed by atoms with E-state index in [0.29, 0.717) is 16.6 Å². The van der Waals surface area contributed by atoms with E-state index in [9.17, 15) is 9.59 Å². The van der Waals surface area contributed by atoms with Gasteiger partial charge < -0.3 is 19.9 Å². The second-order valence-electron chi connectivity index (χ2n) is 7.47. The summed E-state index contributed by atoms with van der Waals surface area (Å²) in [7, 11) is 1.83. The summed E-state index contributed by atoms with van der Waals surface area (Å²) >= 11 is 1.34. The third-order valence-corrected chi connectivity index (χ3v) is 5.85. The molecule has 0 spiro atoms. The quantitative estimate of drug-likeness (QED) is 0.577. The maximum atomic E-state index is 12.2. The number of amides is 2. The van der Waals surface area contributed by atoms with E-state index in [4.69, 9.17) is 4.74 Å². The number of aryl methyl sites for hydroxylation is 1. The van der Waals surface area contributed by atoms with Crippen LogP contribution >= 0.6 is 11.3 Å². The SMILES string of the molecule is Cn1ccc(C(=O)NCC(=O)Nc2nc(-c3cccc(OCC4CCC4)c3)cs2)c1. The topological polar surface area (TPSA) is 85.3 Å². The van der Waals surface area contributed by atoms with Crippen molar-refractivity contribution in [3.8, 4) is 17.0 Å². The van der Waals surface area contributed by atoms with E-state index in [1.54, 1.807) is 23.0 Å². The molecule has 1 aromatic carbocycles. The summed E-state index contributed by atoms with van der Waals surface area (Å²) in [6.45, 7) is 0.643. The van der Waals surface area contributed by atoms with E-state index in [2.05, 4.69) is 15.6 Å². The number of nitrogens with one attached hydrogen (secondary N) is 2. The molecular weight excluding hydrogens is 400 g/mol. The first kappa shape index (κ1) is 20.2. The van der Waals surface area contributed by atoms with E-state index in [1.165, 1.54) is 30.6 Å². The highest BCUT2D eigenvalue weighted by Gasteiger charge is 2.18. The zero-order valence-corrected chi connectivity index (χ0v) is 17.6. The summed E-state index contributed by atoms with van der Waals surface area (Å²) in [6.07, 6.45) is 7.28. The maximum Gasteiger partial charge on any atom is 0.253 e. The zero-order valence-electron chi connectivity index (χ0n) is 16.8. The van der Waals surface area contributed by atoms with Gasteiger partial charge >= 0.3 is 0 Å². The Hall–Kier alpha value is -3.13. The van der Waals surface area contributed by atoms with Crippen LogP contribution in [0.2, 0.25) is 0 Å². The van der Waals surface area contributed by atoms with Crippen molar-refractivity contribution in [3.05, 3.63) is 53.7 Å². The van der Waals surface area contributed by atoms with E-state index >= 15 is 0 Å². The number of carbonyl (C=O) groups is 2. The van der Waals surface area contributed by atoms with E-state index < -0.39 is 0 Å². The molecule has 30 heavy (non-hydrogen) atoms. The number of aromatic nitrogens is 2. The lowest BCUT2D eigenvalue weighted by molar-refractivity contribution is -0.115. The lowest BCUT2D eigenvalue weighted by Gasteiger charge is -2.25. The minimum absolute atomic E-state index is 0.118. The molecular formula is C22H24N4O3S. The van der Waals surface area contributed by atoms with Crippen LogP contribution in [0, 0.1) is 5.92 Å². The van der Waals surface area contributed by atoms with Gasteiger partial charge in [-0.3, -0.25) is 9.59 Å². The van der Waals surface area contributed by atoms with Crippen molar-refractivity contribution in [1.82, 2.24) is 14.9 Å². The third kappa shape index (κ3) is 5.07. The van der Waals surface area contributed by atoms with E-state index in [1.807, 2.05) is 36.7 Å². The number of nitrogens with zero attached hydrogens (tertiary/aromatic N) is 2. The molecule has 2 N–H and O–H groups in total. The molecule has 0 saturated heterocycles. The molecule has 0 bridgehead atoms. The highest BCUT2D eigenvalue weighted by molar-refractivity contribution is 7.14. The van der Waals surface area contributed by atoms with Crippen LogP contribution in [0.4, 0.5) is 5.13 Å². The third-order valence-electron chi connectivity index (χ3n) is 5.09. The Bertz CT molecular complexity index is 1040. The van der Waals surface area contributed by atoms with Crippen LogP contribution in [0.15, 0.2) is 48.1 Å². The van der Waals surface area contributed by atoms with Crippen LogP contribution in [0.5, 0.6) is 5.75 Å². The average molecular weight is 425 g/mol. The fourth-order valence-electron chi connectivity index (χ4n) is 3.15. The Balaban J connectivity index is 1.30. The van der Waals surface area contributed by atoms with Gasteiger partial charge in [-0.1, -0.05) is 18.6 Å². The molecule has 1 aliphatic rings. The van der Waals surface area contributed by atoms with Crippen LogP contribution in [0.3, 0.4) is 0 Å². The predicted molar refractivity (Wildman–Crippen MR) is 117 cm³/mol. The Labute approximate surface area is 179 Å². The monoisotopic (exact) mass is 424 g/mol. The number of anilines is 1. The van der Waals surface area contributed by atoms with Gasteiger partial charge in [-0.2, -0.15) is 0 Å². The van der Waals surface area contributed by atoms with Gasteiger partial charge in [0.2, 0.25) is 5.91 Å². The van der Waals surface area contributed by atoms with Crippen molar-refractivity contribution in [2.24, 2.45) is 13.0 Å². The molecule has 2 heterocycles. The summed E-state index contributed by atoms with van der Waals surface area (Å²) in [5.41, 5.74) is 2.23. The minimum atomic E-state index is -0.322. The smallest absolute Gasteiger partial charge is 0.253 e. The van der Waals surface area contributed by atoms with Crippen molar-refractivity contribution in [1.29, 1.82) is 0 Å². The number of benzene rings is 1. The van der Waals surface area contributed by atoms with Gasteiger partial charge in [0.15, 0.2) is 5.13 Å². The molecule has 1 aliphatic carbocycles. The normalized spacial score (nSPS) is 13.5. The van der Waals surface area contributed by atoms with Crippen LogP contribution in [0.1, 0.15) is 29.6 Å². The molecule has 2 aromatic heterocycles. The van der Waals surface area contributed by atoms with Crippen LogP contribution < -0.4 is 15.4 Å². The lowest BCUT2D eigenvalue weighted by Crippen LogP contribution is -2.32. The molecule has 0 unspecified atom stereocenters. The number of rotatable bonds is 8. The number of carbonyl (C=O) groups excluding carboxylic acids is 2. The average Bonchev–Trinajstić information content (AvgIpc) is 3.34. The molecule has 1 saturated carbocycles. The van der Waals surface area contributed by atoms with Crippen LogP contribution in [-0.4, -0.2) is 34.5 Å². The lowest BCUT2D eigenvalue weighted by atomic mass is 9.86. The largest absolute Gasteiger partial charge is 0.493 e. The Morgan fingerprint density at radius 3 is 2.90 bits per heavy atom. The fourth-order valence-corrected chi connectivity index (χ4v) is 3.88. The number of ether oxygens (including phenoxy) is 1. The fraction of sp³-hybridized carbons (Fsp3) is 0.318. The number of thiazole rings is 1. The maximum absolute atomic E-state index is 12.2. The van der Waals surface area contributed by atoms with Crippen molar-refractivity contribution >= 4 is 28.3 Å². The first-order valence-electron chi connectivity index (χ1n) is 9.95. The van der Waals surface area contributed by atoms with Crippen molar-refractivity contribution in [2.75, 3.05) is 18.5 Å². The summed E-state index contributed by atoms with van der Waals surface area (Å²) in [6, 6.07) is 9.54. The molecule has 2 amide bonds. The van der Waals surface area contributed by atoms with E-state index in [-0.39, 0.29) is 18.4 Å². The van der Waals surface area contributed by atoms with Crippen LogP contribution in [0.25, 0.3) is 11.3 Å². The second kappa shape index (κ2) is 9.13. The van der Waals surface area contributed by atoms with Gasteiger partial charge in [0.25, 0.3) is 5.91 Å². The molecule has 4 rings (SSSR count). The van der Waals surface area contributed by atoms with Crippen molar-refractivity contribution < 1.29 is 14.3 Å². The van der Waals surface area contributed by atoms with Crippen molar-refractivity contribution in [2.45, 2.75) is 19.3 Å². The molecule has 0 radical (unpaired) electrons. The van der Waals surface area contributed by atoms with Gasteiger partial charge in [0.05, 0.1) is 24.4 Å². The second-order valence-corrected chi connectivity index (χ2v) is 8.33. The molecule has 7 nitrogen and oxygen atoms in total. The van der Waals surface area contributed by atoms with E-state index in [0.717, 1.165) is 23.6 Å². The van der Waals surface area contributed by atoms with Gasteiger partial charge in [-0.05, 0) is 37.0 Å². The molecule has 1 fully saturated rings. The predicted octanol–water partition coefficient (Wildman–Crippen LogP) is 3.70. The highest BCUT2D eigenvalue weighted by atomic mass is 32.1. The molecule has 0 atom stereocenters. The van der Waals surface area contributed by atoms with Gasteiger partial charge in [-0.15, -0.1) is 11.3 Å². The molecule has 3 aromatic rings. The van der Waals surface area contributed by atoms with Crippen molar-refractivity contribution in [3.63, 3.8) is 0 Å². The van der Waals surface area contributed by atoms with Crippen LogP contribution in [-0.2, 0) is 11.8 Å².